The van der Waals surface area contributed by atoms with Gasteiger partial charge in [0.25, 0.3) is 0 Å². The second-order valence-electron chi connectivity index (χ2n) is 3.89. The van der Waals surface area contributed by atoms with E-state index in [2.05, 4.69) is 15.0 Å². The third kappa shape index (κ3) is 7.02. The van der Waals surface area contributed by atoms with E-state index < -0.39 is 12.8 Å². The van der Waals surface area contributed by atoms with E-state index in [-0.39, 0.29) is 6.61 Å². The predicted octanol–water partition coefficient (Wildman–Crippen LogP) is 1.91. The molecule has 0 aliphatic heterocycles. The Bertz CT molecular complexity index is 355. The Kier molecular flexibility index (Phi) is 6.65. The molecular weight excluding hydrogens is 263 g/mol. The summed E-state index contributed by atoms with van der Waals surface area (Å²) >= 11 is 0. The van der Waals surface area contributed by atoms with Gasteiger partial charge >= 0.3 is 6.18 Å². The van der Waals surface area contributed by atoms with E-state index in [0.717, 1.165) is 6.42 Å². The maximum atomic E-state index is 11.9. The summed E-state index contributed by atoms with van der Waals surface area (Å²) < 4.78 is 46.8. The first kappa shape index (κ1) is 15.8. The molecule has 19 heavy (non-hydrogen) atoms. The number of hydrogen-bond acceptors (Lipinski definition) is 4. The van der Waals surface area contributed by atoms with Gasteiger partial charge < -0.3 is 19.4 Å². The van der Waals surface area contributed by atoms with Gasteiger partial charge in [0.05, 0.1) is 6.61 Å². The molecule has 0 aliphatic carbocycles. The van der Waals surface area contributed by atoms with Crippen molar-refractivity contribution in [2.75, 3.05) is 38.8 Å². The van der Waals surface area contributed by atoms with Gasteiger partial charge in [0.2, 0.25) is 5.95 Å². The van der Waals surface area contributed by atoms with E-state index in [9.17, 15) is 13.2 Å². The molecule has 1 N–H and O–H groups in total. The van der Waals surface area contributed by atoms with Crippen molar-refractivity contribution in [2.45, 2.75) is 19.1 Å². The molecule has 0 saturated heterocycles. The number of nitrogens with one attached hydrogen (secondary N) is 1. The highest BCUT2D eigenvalue weighted by Crippen LogP contribution is 2.14. The van der Waals surface area contributed by atoms with Crippen molar-refractivity contribution in [1.29, 1.82) is 0 Å². The van der Waals surface area contributed by atoms with Crippen molar-refractivity contribution in [2.24, 2.45) is 0 Å². The lowest BCUT2D eigenvalue weighted by molar-refractivity contribution is -0.174. The van der Waals surface area contributed by atoms with Crippen LogP contribution in [0.25, 0.3) is 0 Å². The van der Waals surface area contributed by atoms with Gasteiger partial charge in [-0.2, -0.15) is 13.2 Å². The molecule has 0 spiro atoms. The summed E-state index contributed by atoms with van der Waals surface area (Å²) in [6, 6.07) is 0. The Balaban J connectivity index is 2.24. The fourth-order valence-corrected chi connectivity index (χ4v) is 1.42. The fourth-order valence-electron chi connectivity index (χ4n) is 1.42. The number of halogens is 3. The first-order valence-corrected chi connectivity index (χ1v) is 5.91. The van der Waals surface area contributed by atoms with Crippen LogP contribution in [0.1, 0.15) is 6.42 Å². The average Bonchev–Trinajstić information content (AvgIpc) is 2.77. The van der Waals surface area contributed by atoms with Crippen LogP contribution in [0, 0.1) is 0 Å². The second-order valence-corrected chi connectivity index (χ2v) is 3.89. The largest absolute Gasteiger partial charge is 0.411 e. The fraction of sp³-hybridized carbons (Fsp3) is 0.727. The van der Waals surface area contributed by atoms with Gasteiger partial charge in [0.15, 0.2) is 0 Å². The van der Waals surface area contributed by atoms with Gasteiger partial charge in [-0.15, -0.1) is 0 Å². The van der Waals surface area contributed by atoms with E-state index in [1.54, 1.807) is 24.1 Å². The number of anilines is 1. The van der Waals surface area contributed by atoms with Crippen LogP contribution < -0.4 is 5.32 Å². The van der Waals surface area contributed by atoms with E-state index in [1.807, 2.05) is 0 Å². The molecule has 1 aromatic heterocycles. The van der Waals surface area contributed by atoms with E-state index in [4.69, 9.17) is 4.74 Å². The molecule has 1 rings (SSSR count). The summed E-state index contributed by atoms with van der Waals surface area (Å²) in [7, 11) is 1.62. The molecule has 8 heteroatoms. The highest BCUT2D eigenvalue weighted by atomic mass is 19.4. The second kappa shape index (κ2) is 8.00. The number of nitrogens with zero attached hydrogens (tertiary/aromatic N) is 2. The summed E-state index contributed by atoms with van der Waals surface area (Å²) in [4.78, 5) is 4.07. The standard InChI is InChI=1S/C11H18F3N3O2/c1-18-7-2-3-15-10-16-4-5-17(10)6-8-19-9-11(12,13)14/h4-5H,2-3,6-9H2,1H3,(H,15,16). The zero-order valence-corrected chi connectivity index (χ0v) is 10.7. The minimum Gasteiger partial charge on any atom is -0.385 e. The molecule has 0 atom stereocenters. The molecule has 0 radical (unpaired) electrons. The van der Waals surface area contributed by atoms with Crippen molar-refractivity contribution < 1.29 is 22.6 Å². The van der Waals surface area contributed by atoms with Crippen LogP contribution in [0.5, 0.6) is 0 Å². The van der Waals surface area contributed by atoms with Crippen LogP contribution in [0.4, 0.5) is 19.1 Å². The number of alkyl halides is 3. The van der Waals surface area contributed by atoms with Crippen molar-refractivity contribution in [1.82, 2.24) is 9.55 Å². The highest BCUT2D eigenvalue weighted by molar-refractivity contribution is 5.25. The molecule has 1 aromatic rings. The topological polar surface area (TPSA) is 48.3 Å². The molecular formula is C11H18F3N3O2. The number of hydrogen-bond donors (Lipinski definition) is 1. The molecule has 0 saturated carbocycles. The van der Waals surface area contributed by atoms with Crippen molar-refractivity contribution >= 4 is 5.95 Å². The first-order valence-electron chi connectivity index (χ1n) is 5.91. The van der Waals surface area contributed by atoms with Crippen LogP contribution in [-0.4, -0.2) is 49.2 Å². The highest BCUT2D eigenvalue weighted by Gasteiger charge is 2.27. The monoisotopic (exact) mass is 281 g/mol. The molecule has 0 aromatic carbocycles. The van der Waals surface area contributed by atoms with Crippen molar-refractivity contribution in [3.63, 3.8) is 0 Å². The van der Waals surface area contributed by atoms with Gasteiger partial charge in [-0.1, -0.05) is 0 Å². The lowest BCUT2D eigenvalue weighted by Crippen LogP contribution is -2.19. The molecule has 0 unspecified atom stereocenters. The third-order valence-electron chi connectivity index (χ3n) is 2.27. The van der Waals surface area contributed by atoms with Crippen LogP contribution in [0.3, 0.4) is 0 Å². The lowest BCUT2D eigenvalue weighted by atomic mass is 10.4. The number of methoxy groups -OCH3 is 1. The maximum absolute atomic E-state index is 11.9. The van der Waals surface area contributed by atoms with Gasteiger partial charge in [-0.25, -0.2) is 4.98 Å². The third-order valence-corrected chi connectivity index (χ3v) is 2.27. The summed E-state index contributed by atoms with van der Waals surface area (Å²) in [6.45, 7) is 0.417. The summed E-state index contributed by atoms with van der Waals surface area (Å²) in [5.41, 5.74) is 0. The van der Waals surface area contributed by atoms with E-state index in [1.165, 1.54) is 0 Å². The molecule has 1 heterocycles. The molecule has 0 amide bonds. The molecule has 0 bridgehead atoms. The van der Waals surface area contributed by atoms with Crippen LogP contribution in [-0.2, 0) is 16.0 Å². The van der Waals surface area contributed by atoms with Crippen molar-refractivity contribution in [3.05, 3.63) is 12.4 Å². The molecule has 110 valence electrons. The Labute approximate surface area is 109 Å². The quantitative estimate of drug-likeness (QED) is 0.702. The van der Waals surface area contributed by atoms with Crippen LogP contribution in [0.2, 0.25) is 0 Å². The van der Waals surface area contributed by atoms with E-state index >= 15 is 0 Å². The minimum atomic E-state index is -4.28. The number of aromatic nitrogens is 2. The summed E-state index contributed by atoms with van der Waals surface area (Å²) in [6.07, 6.45) is -0.178. The van der Waals surface area contributed by atoms with Crippen LogP contribution >= 0.6 is 0 Å². The average molecular weight is 281 g/mol. The summed E-state index contributed by atoms with van der Waals surface area (Å²) in [5.74, 6) is 0.617. The number of ether oxygens (including phenoxy) is 2. The van der Waals surface area contributed by atoms with Gasteiger partial charge in [-0.3, -0.25) is 0 Å². The summed E-state index contributed by atoms with van der Waals surface area (Å²) in [5, 5.41) is 3.08. The number of imidazole rings is 1. The molecule has 0 aliphatic rings. The Morgan fingerprint density at radius 1 is 1.37 bits per heavy atom. The Morgan fingerprint density at radius 3 is 2.84 bits per heavy atom. The van der Waals surface area contributed by atoms with Gasteiger partial charge in [-0.05, 0) is 6.42 Å². The zero-order chi connectivity index (χ0) is 14.1. The van der Waals surface area contributed by atoms with Crippen molar-refractivity contribution in [3.8, 4) is 0 Å². The molecule has 5 nitrogen and oxygen atoms in total. The first-order chi connectivity index (χ1) is 9.03. The normalized spacial score (nSPS) is 11.8. The minimum absolute atomic E-state index is 0.0113. The predicted molar refractivity (Wildman–Crippen MR) is 64.1 cm³/mol. The SMILES string of the molecule is COCCCNc1nccn1CCOCC(F)(F)F. The molecule has 0 fully saturated rings. The number of rotatable bonds is 9. The van der Waals surface area contributed by atoms with Gasteiger partial charge in [0, 0.05) is 39.2 Å². The Hall–Kier alpha value is -1.28. The van der Waals surface area contributed by atoms with Crippen LogP contribution in [0.15, 0.2) is 12.4 Å². The Morgan fingerprint density at radius 2 is 2.16 bits per heavy atom. The zero-order valence-electron chi connectivity index (χ0n) is 10.7. The maximum Gasteiger partial charge on any atom is 0.411 e. The lowest BCUT2D eigenvalue weighted by Gasteiger charge is -2.11. The smallest absolute Gasteiger partial charge is 0.385 e. The van der Waals surface area contributed by atoms with E-state index in [0.29, 0.717) is 25.6 Å². The van der Waals surface area contributed by atoms with Gasteiger partial charge in [0.1, 0.15) is 6.61 Å².